The number of carbonyl (C=O) groups is 1. The van der Waals surface area contributed by atoms with Crippen LogP contribution >= 0.6 is 0 Å². The lowest BCUT2D eigenvalue weighted by Gasteiger charge is -2.41. The fourth-order valence-corrected chi connectivity index (χ4v) is 6.11. The van der Waals surface area contributed by atoms with E-state index in [0.717, 1.165) is 28.5 Å². The predicted octanol–water partition coefficient (Wildman–Crippen LogP) is 5.09. The van der Waals surface area contributed by atoms with Gasteiger partial charge in [0.05, 0.1) is 23.7 Å². The fraction of sp³-hybridized carbons (Fsp3) is 0.321. The molecule has 1 atom stereocenters. The number of para-hydroxylation sites is 3. The topological polar surface area (TPSA) is 84.9 Å². The molecule has 0 aliphatic carbocycles. The van der Waals surface area contributed by atoms with Crippen LogP contribution in [0.15, 0.2) is 83.8 Å². The van der Waals surface area contributed by atoms with E-state index in [1.165, 1.54) is 19.2 Å². The summed E-state index contributed by atoms with van der Waals surface area (Å²) in [7, 11) is -2.57. The number of amides is 1. The molecule has 0 saturated carbocycles. The Balaban J connectivity index is 1.68. The van der Waals surface area contributed by atoms with Crippen LogP contribution in [0.3, 0.4) is 0 Å². The molecule has 3 aromatic carbocycles. The summed E-state index contributed by atoms with van der Waals surface area (Å²) in [6.45, 7) is 3.75. The molecule has 1 N–H and O–H groups in total. The number of carbonyl (C=O) groups excluding carboxylic acids is 1. The lowest BCUT2D eigenvalue weighted by molar-refractivity contribution is -0.121. The minimum atomic E-state index is -4.05. The van der Waals surface area contributed by atoms with E-state index in [9.17, 15) is 13.2 Å². The SMILES string of the molecule is CCC1(CC)C[C@H](NC(=O)CN(c2ccccc2OC)S(=O)(=O)c2ccccc2)c2ccccc2O1. The summed E-state index contributed by atoms with van der Waals surface area (Å²) in [5.41, 5.74) is 0.783. The number of benzene rings is 3. The molecule has 36 heavy (non-hydrogen) atoms. The summed E-state index contributed by atoms with van der Waals surface area (Å²) in [4.78, 5) is 13.6. The van der Waals surface area contributed by atoms with Crippen molar-refractivity contribution in [1.82, 2.24) is 5.32 Å². The van der Waals surface area contributed by atoms with Crippen LogP contribution < -0.4 is 19.1 Å². The third-order valence-electron chi connectivity index (χ3n) is 6.79. The molecule has 190 valence electrons. The van der Waals surface area contributed by atoms with Gasteiger partial charge in [0.25, 0.3) is 10.0 Å². The molecule has 1 aliphatic heterocycles. The Bertz CT molecular complexity index is 1310. The smallest absolute Gasteiger partial charge is 0.264 e. The molecular formula is C28H32N2O5S. The number of methoxy groups -OCH3 is 1. The van der Waals surface area contributed by atoms with Gasteiger partial charge in [-0.1, -0.05) is 62.4 Å². The van der Waals surface area contributed by atoms with Crippen LogP contribution in [0.25, 0.3) is 0 Å². The highest BCUT2D eigenvalue weighted by molar-refractivity contribution is 7.92. The summed E-state index contributed by atoms with van der Waals surface area (Å²) in [6.07, 6.45) is 2.18. The van der Waals surface area contributed by atoms with E-state index in [4.69, 9.17) is 9.47 Å². The minimum Gasteiger partial charge on any atom is -0.495 e. The van der Waals surface area contributed by atoms with E-state index in [1.54, 1.807) is 42.5 Å². The molecule has 0 fully saturated rings. The van der Waals surface area contributed by atoms with Crippen LogP contribution in [0.2, 0.25) is 0 Å². The van der Waals surface area contributed by atoms with Crippen LogP contribution in [0.5, 0.6) is 11.5 Å². The second-order valence-electron chi connectivity index (χ2n) is 8.85. The standard InChI is InChI=1S/C28H32N2O5S/c1-4-28(5-2)19-23(22-15-9-11-17-25(22)35-28)29-27(31)20-30(24-16-10-12-18-26(24)34-3)36(32,33)21-13-7-6-8-14-21/h6-18,23H,4-5,19-20H2,1-3H3,(H,29,31)/t23-/m0/s1. The van der Waals surface area contributed by atoms with Crippen molar-refractivity contribution in [1.29, 1.82) is 0 Å². The molecule has 0 unspecified atom stereocenters. The zero-order valence-electron chi connectivity index (χ0n) is 20.8. The Kier molecular flexibility index (Phi) is 7.54. The quantitative estimate of drug-likeness (QED) is 0.435. The predicted molar refractivity (Wildman–Crippen MR) is 140 cm³/mol. The third kappa shape index (κ3) is 5.04. The molecule has 0 radical (unpaired) electrons. The molecule has 1 aliphatic rings. The Morgan fingerprint density at radius 2 is 1.64 bits per heavy atom. The normalized spacial score (nSPS) is 16.4. The highest BCUT2D eigenvalue weighted by Crippen LogP contribution is 2.42. The minimum absolute atomic E-state index is 0.0936. The van der Waals surface area contributed by atoms with Crippen molar-refractivity contribution in [2.45, 2.75) is 49.6 Å². The van der Waals surface area contributed by atoms with Crippen LogP contribution in [0, 0.1) is 0 Å². The van der Waals surface area contributed by atoms with E-state index in [0.29, 0.717) is 17.9 Å². The van der Waals surface area contributed by atoms with Gasteiger partial charge in [-0.05, 0) is 43.2 Å². The Morgan fingerprint density at radius 3 is 2.33 bits per heavy atom. The van der Waals surface area contributed by atoms with Crippen LogP contribution in [0.4, 0.5) is 5.69 Å². The summed E-state index contributed by atoms with van der Waals surface area (Å²) in [5, 5.41) is 3.09. The molecule has 0 bridgehead atoms. The lowest BCUT2D eigenvalue weighted by atomic mass is 9.83. The molecule has 0 saturated heterocycles. The molecule has 0 spiro atoms. The van der Waals surface area contributed by atoms with Gasteiger partial charge in [-0.15, -0.1) is 0 Å². The molecule has 8 heteroatoms. The summed E-state index contributed by atoms with van der Waals surface area (Å²) in [6, 6.07) is 22.2. The second-order valence-corrected chi connectivity index (χ2v) is 10.7. The van der Waals surface area contributed by atoms with Crippen LogP contribution in [-0.2, 0) is 14.8 Å². The molecule has 1 amide bonds. The van der Waals surface area contributed by atoms with Crippen molar-refractivity contribution in [3.63, 3.8) is 0 Å². The average Bonchev–Trinajstić information content (AvgIpc) is 2.92. The molecule has 3 aromatic rings. The fourth-order valence-electron chi connectivity index (χ4n) is 4.66. The number of hydrogen-bond acceptors (Lipinski definition) is 5. The zero-order valence-corrected chi connectivity index (χ0v) is 21.6. The number of nitrogens with one attached hydrogen (secondary N) is 1. The maximum Gasteiger partial charge on any atom is 0.264 e. The molecular weight excluding hydrogens is 476 g/mol. The largest absolute Gasteiger partial charge is 0.495 e. The number of rotatable bonds is 9. The van der Waals surface area contributed by atoms with Gasteiger partial charge >= 0.3 is 0 Å². The van der Waals surface area contributed by atoms with Crippen molar-refractivity contribution in [2.75, 3.05) is 18.0 Å². The van der Waals surface area contributed by atoms with E-state index >= 15 is 0 Å². The lowest BCUT2D eigenvalue weighted by Crippen LogP contribution is -2.47. The number of anilines is 1. The van der Waals surface area contributed by atoms with Crippen molar-refractivity contribution >= 4 is 21.6 Å². The van der Waals surface area contributed by atoms with Crippen LogP contribution in [-0.4, -0.2) is 33.6 Å². The maximum atomic E-state index is 13.7. The summed E-state index contributed by atoms with van der Waals surface area (Å²) >= 11 is 0. The van der Waals surface area contributed by atoms with E-state index in [1.807, 2.05) is 24.3 Å². The first-order valence-corrected chi connectivity index (χ1v) is 13.6. The molecule has 7 nitrogen and oxygen atoms in total. The number of sulfonamides is 1. The first kappa shape index (κ1) is 25.6. The van der Waals surface area contributed by atoms with Gasteiger partial charge in [0.1, 0.15) is 23.6 Å². The monoisotopic (exact) mass is 508 g/mol. The Labute approximate surface area is 213 Å². The highest BCUT2D eigenvalue weighted by atomic mass is 32.2. The van der Waals surface area contributed by atoms with Crippen molar-refractivity contribution in [3.8, 4) is 11.5 Å². The molecule has 1 heterocycles. The van der Waals surface area contributed by atoms with Gasteiger partial charge in [-0.3, -0.25) is 9.10 Å². The summed E-state index contributed by atoms with van der Waals surface area (Å²) in [5.74, 6) is 0.691. The van der Waals surface area contributed by atoms with Crippen molar-refractivity contribution < 1.29 is 22.7 Å². The summed E-state index contributed by atoms with van der Waals surface area (Å²) < 4.78 is 40.3. The maximum absolute atomic E-state index is 13.7. The van der Waals surface area contributed by atoms with Gasteiger partial charge in [-0.2, -0.15) is 0 Å². The van der Waals surface area contributed by atoms with Gasteiger partial charge in [0, 0.05) is 12.0 Å². The average molecular weight is 509 g/mol. The van der Waals surface area contributed by atoms with E-state index in [-0.39, 0.29) is 10.9 Å². The van der Waals surface area contributed by atoms with Gasteiger partial charge < -0.3 is 14.8 Å². The first-order chi connectivity index (χ1) is 17.3. The van der Waals surface area contributed by atoms with E-state index in [2.05, 4.69) is 19.2 Å². The highest BCUT2D eigenvalue weighted by Gasteiger charge is 2.39. The van der Waals surface area contributed by atoms with Crippen molar-refractivity contribution in [2.24, 2.45) is 0 Å². The number of nitrogens with zero attached hydrogens (tertiary/aromatic N) is 1. The molecule has 0 aromatic heterocycles. The molecule has 4 rings (SSSR count). The third-order valence-corrected chi connectivity index (χ3v) is 8.57. The number of fused-ring (bicyclic) bond motifs is 1. The second kappa shape index (κ2) is 10.6. The number of hydrogen-bond donors (Lipinski definition) is 1. The van der Waals surface area contributed by atoms with E-state index < -0.39 is 28.1 Å². The number of ether oxygens (including phenoxy) is 2. The van der Waals surface area contributed by atoms with Gasteiger partial charge in [0.15, 0.2) is 0 Å². The van der Waals surface area contributed by atoms with Crippen molar-refractivity contribution in [3.05, 3.63) is 84.4 Å². The van der Waals surface area contributed by atoms with Gasteiger partial charge in [-0.25, -0.2) is 8.42 Å². The Hall–Kier alpha value is -3.52. The first-order valence-electron chi connectivity index (χ1n) is 12.1. The zero-order chi connectivity index (χ0) is 25.8. The van der Waals surface area contributed by atoms with Gasteiger partial charge in [0.2, 0.25) is 5.91 Å². The van der Waals surface area contributed by atoms with Crippen LogP contribution in [0.1, 0.15) is 44.7 Å². The Morgan fingerprint density at radius 1 is 1.00 bits per heavy atom.